The zero-order chi connectivity index (χ0) is 15.6. The van der Waals surface area contributed by atoms with Crippen LogP contribution < -0.4 is 4.90 Å². The van der Waals surface area contributed by atoms with Gasteiger partial charge in [-0.1, -0.05) is 12.1 Å². The third-order valence-corrected chi connectivity index (χ3v) is 5.18. The molecular weight excluding hydrogens is 318 g/mol. The van der Waals surface area contributed by atoms with E-state index < -0.39 is 14.3 Å². The SMILES string of the molecule is COC(=O)Cc1ccc(N2CC(S(=O)(=O)Cl)CC2=O)cc1. The molecule has 8 heteroatoms. The molecule has 1 unspecified atom stereocenters. The van der Waals surface area contributed by atoms with Gasteiger partial charge in [0.25, 0.3) is 0 Å². The molecule has 21 heavy (non-hydrogen) atoms. The summed E-state index contributed by atoms with van der Waals surface area (Å²) < 4.78 is 27.2. The van der Waals surface area contributed by atoms with E-state index >= 15 is 0 Å². The van der Waals surface area contributed by atoms with Gasteiger partial charge in [0.05, 0.1) is 13.5 Å². The lowest BCUT2D eigenvalue weighted by Gasteiger charge is -2.16. The van der Waals surface area contributed by atoms with Gasteiger partial charge >= 0.3 is 5.97 Å². The van der Waals surface area contributed by atoms with E-state index in [1.807, 2.05) is 0 Å². The van der Waals surface area contributed by atoms with Crippen molar-refractivity contribution in [1.29, 1.82) is 0 Å². The van der Waals surface area contributed by atoms with Crippen LogP contribution in [0.1, 0.15) is 12.0 Å². The van der Waals surface area contributed by atoms with E-state index in [1.54, 1.807) is 24.3 Å². The maximum atomic E-state index is 11.9. The van der Waals surface area contributed by atoms with Gasteiger partial charge < -0.3 is 9.64 Å². The van der Waals surface area contributed by atoms with Gasteiger partial charge in [-0.15, -0.1) is 0 Å². The van der Waals surface area contributed by atoms with Crippen LogP contribution in [0.25, 0.3) is 0 Å². The molecule has 1 aliphatic rings. The van der Waals surface area contributed by atoms with Gasteiger partial charge in [0.1, 0.15) is 5.25 Å². The summed E-state index contributed by atoms with van der Waals surface area (Å²) in [6.07, 6.45) is 0.0269. The molecule has 1 heterocycles. The maximum absolute atomic E-state index is 11.9. The fraction of sp³-hybridized carbons (Fsp3) is 0.385. The Labute approximate surface area is 127 Å². The summed E-state index contributed by atoms with van der Waals surface area (Å²) >= 11 is 0. The molecule has 0 N–H and O–H groups in total. The molecule has 1 aromatic rings. The Bertz CT molecular complexity index is 656. The number of anilines is 1. The number of carbonyl (C=O) groups is 2. The lowest BCUT2D eigenvalue weighted by atomic mass is 10.1. The van der Waals surface area contributed by atoms with Crippen molar-refractivity contribution >= 4 is 37.3 Å². The van der Waals surface area contributed by atoms with Gasteiger partial charge in [-0.25, -0.2) is 8.42 Å². The lowest BCUT2D eigenvalue weighted by molar-refractivity contribution is -0.139. The molecule has 0 spiro atoms. The first-order valence-corrected chi connectivity index (χ1v) is 8.58. The summed E-state index contributed by atoms with van der Waals surface area (Å²) in [5, 5.41) is -0.888. The Morgan fingerprint density at radius 1 is 1.38 bits per heavy atom. The highest BCUT2D eigenvalue weighted by Crippen LogP contribution is 2.26. The van der Waals surface area contributed by atoms with Crippen LogP contribution in [-0.2, 0) is 29.8 Å². The Morgan fingerprint density at radius 3 is 2.48 bits per heavy atom. The van der Waals surface area contributed by atoms with Crippen molar-refractivity contribution in [2.45, 2.75) is 18.1 Å². The van der Waals surface area contributed by atoms with Gasteiger partial charge in [-0.3, -0.25) is 9.59 Å². The van der Waals surface area contributed by atoms with E-state index in [0.717, 1.165) is 5.56 Å². The monoisotopic (exact) mass is 331 g/mol. The number of carbonyl (C=O) groups excluding carboxylic acids is 2. The summed E-state index contributed by atoms with van der Waals surface area (Å²) in [6, 6.07) is 6.73. The minimum atomic E-state index is -3.76. The quantitative estimate of drug-likeness (QED) is 0.609. The third kappa shape index (κ3) is 3.74. The van der Waals surface area contributed by atoms with Crippen LogP contribution in [0.5, 0.6) is 0 Å². The second-order valence-electron chi connectivity index (χ2n) is 4.73. The van der Waals surface area contributed by atoms with Crippen LogP contribution in [0, 0.1) is 0 Å². The first-order valence-electron chi connectivity index (χ1n) is 6.21. The fourth-order valence-electron chi connectivity index (χ4n) is 2.15. The number of hydrogen-bond acceptors (Lipinski definition) is 5. The van der Waals surface area contributed by atoms with E-state index in [0.29, 0.717) is 5.69 Å². The molecule has 0 aromatic heterocycles. The number of nitrogens with zero attached hydrogens (tertiary/aromatic N) is 1. The van der Waals surface area contributed by atoms with Gasteiger partial charge in [-0.05, 0) is 17.7 Å². The van der Waals surface area contributed by atoms with Crippen LogP contribution in [0.3, 0.4) is 0 Å². The zero-order valence-corrected chi connectivity index (χ0v) is 12.9. The highest BCUT2D eigenvalue weighted by Gasteiger charge is 2.37. The highest BCUT2D eigenvalue weighted by molar-refractivity contribution is 8.14. The van der Waals surface area contributed by atoms with Crippen molar-refractivity contribution in [2.75, 3.05) is 18.6 Å². The molecule has 6 nitrogen and oxygen atoms in total. The number of ether oxygens (including phenoxy) is 1. The lowest BCUT2D eigenvalue weighted by Crippen LogP contribution is -2.26. The van der Waals surface area contributed by atoms with E-state index in [1.165, 1.54) is 12.0 Å². The van der Waals surface area contributed by atoms with Crippen molar-refractivity contribution < 1.29 is 22.7 Å². The maximum Gasteiger partial charge on any atom is 0.309 e. The largest absolute Gasteiger partial charge is 0.469 e. The van der Waals surface area contributed by atoms with Crippen molar-refractivity contribution in [2.24, 2.45) is 0 Å². The Balaban J connectivity index is 2.12. The molecule has 2 rings (SSSR count). The molecule has 0 radical (unpaired) electrons. The number of rotatable bonds is 4. The number of methoxy groups -OCH3 is 1. The number of halogens is 1. The smallest absolute Gasteiger partial charge is 0.309 e. The molecule has 114 valence electrons. The van der Waals surface area contributed by atoms with Crippen LogP contribution in [-0.4, -0.2) is 39.2 Å². The first-order chi connectivity index (χ1) is 9.81. The van der Waals surface area contributed by atoms with Crippen molar-refractivity contribution in [3.8, 4) is 0 Å². The zero-order valence-electron chi connectivity index (χ0n) is 11.3. The topological polar surface area (TPSA) is 80.8 Å². The van der Waals surface area contributed by atoms with E-state index in [9.17, 15) is 18.0 Å². The number of benzene rings is 1. The fourth-order valence-corrected chi connectivity index (χ4v) is 3.17. The van der Waals surface area contributed by atoms with E-state index in [-0.39, 0.29) is 31.3 Å². The minimum Gasteiger partial charge on any atom is -0.469 e. The van der Waals surface area contributed by atoms with Gasteiger partial charge in [0.2, 0.25) is 15.0 Å². The number of hydrogen-bond donors (Lipinski definition) is 0. The summed E-state index contributed by atoms with van der Waals surface area (Å²) in [7, 11) is 2.85. The summed E-state index contributed by atoms with van der Waals surface area (Å²) in [5.41, 5.74) is 1.33. The second kappa shape index (κ2) is 6.03. The van der Waals surface area contributed by atoms with Gasteiger partial charge in [-0.2, -0.15) is 0 Å². The Kier molecular flexibility index (Phi) is 4.53. The molecule has 1 saturated heterocycles. The highest BCUT2D eigenvalue weighted by atomic mass is 35.7. The molecule has 0 aliphatic carbocycles. The van der Waals surface area contributed by atoms with Crippen molar-refractivity contribution in [3.05, 3.63) is 29.8 Å². The molecule has 0 bridgehead atoms. The summed E-state index contributed by atoms with van der Waals surface area (Å²) in [5.74, 6) is -0.641. The number of esters is 1. The van der Waals surface area contributed by atoms with Crippen molar-refractivity contribution in [3.63, 3.8) is 0 Å². The van der Waals surface area contributed by atoms with Gasteiger partial charge in [0.15, 0.2) is 0 Å². The normalized spacial score (nSPS) is 18.9. The average molecular weight is 332 g/mol. The van der Waals surface area contributed by atoms with Crippen LogP contribution in [0.2, 0.25) is 0 Å². The molecule has 1 aromatic carbocycles. The molecule has 1 fully saturated rings. The standard InChI is InChI=1S/C13H14ClNO5S/c1-20-13(17)6-9-2-4-10(5-3-9)15-8-11(7-12(15)16)21(14,18)19/h2-5,11H,6-8H2,1H3. The third-order valence-electron chi connectivity index (χ3n) is 3.31. The molecule has 1 aliphatic heterocycles. The molecule has 0 saturated carbocycles. The Morgan fingerprint density at radius 2 is 2.00 bits per heavy atom. The summed E-state index contributed by atoms with van der Waals surface area (Å²) in [6.45, 7) is 0.0427. The van der Waals surface area contributed by atoms with Crippen LogP contribution in [0.15, 0.2) is 24.3 Å². The van der Waals surface area contributed by atoms with Gasteiger partial charge in [0, 0.05) is 29.3 Å². The number of amides is 1. The average Bonchev–Trinajstić information content (AvgIpc) is 2.81. The minimum absolute atomic E-state index is 0.0427. The summed E-state index contributed by atoms with van der Waals surface area (Å²) in [4.78, 5) is 24.4. The molecule has 1 amide bonds. The van der Waals surface area contributed by atoms with E-state index in [2.05, 4.69) is 4.74 Å². The first kappa shape index (κ1) is 15.8. The van der Waals surface area contributed by atoms with Crippen molar-refractivity contribution in [1.82, 2.24) is 0 Å². The van der Waals surface area contributed by atoms with Crippen LogP contribution >= 0.6 is 10.7 Å². The van der Waals surface area contributed by atoms with E-state index in [4.69, 9.17) is 10.7 Å². The predicted octanol–water partition coefficient (Wildman–Crippen LogP) is 1.08. The predicted molar refractivity (Wildman–Crippen MR) is 77.7 cm³/mol. The molecule has 1 atom stereocenters. The molecular formula is C13H14ClNO5S. The second-order valence-corrected chi connectivity index (χ2v) is 7.63. The van der Waals surface area contributed by atoms with Crippen LogP contribution in [0.4, 0.5) is 5.69 Å². The Hall–Kier alpha value is -1.60.